The van der Waals surface area contributed by atoms with Crippen LogP contribution in [0.1, 0.15) is 24.0 Å². The van der Waals surface area contributed by atoms with Crippen molar-refractivity contribution in [3.05, 3.63) is 17.2 Å². The molecule has 0 saturated heterocycles. The van der Waals surface area contributed by atoms with E-state index in [0.717, 1.165) is 0 Å². The third-order valence-electron chi connectivity index (χ3n) is 2.53. The van der Waals surface area contributed by atoms with Crippen molar-refractivity contribution in [2.75, 3.05) is 0 Å². The summed E-state index contributed by atoms with van der Waals surface area (Å²) >= 11 is 0. The summed E-state index contributed by atoms with van der Waals surface area (Å²) in [6.45, 7) is 3.37. The van der Waals surface area contributed by atoms with Gasteiger partial charge in [0.05, 0.1) is 5.92 Å². The first-order valence-electron chi connectivity index (χ1n) is 4.29. The second kappa shape index (κ2) is 2.64. The van der Waals surface area contributed by atoms with E-state index in [1.165, 1.54) is 6.07 Å². The summed E-state index contributed by atoms with van der Waals surface area (Å²) in [4.78, 5) is 11.2. The lowest BCUT2D eigenvalue weighted by molar-refractivity contribution is -0.133. The average molecular weight is 194 g/mol. The molecule has 4 nitrogen and oxygen atoms in total. The summed E-state index contributed by atoms with van der Waals surface area (Å²) in [6.07, 6.45) is 0. The number of aromatic hydroxyl groups is 2. The van der Waals surface area contributed by atoms with Crippen molar-refractivity contribution < 1.29 is 19.7 Å². The van der Waals surface area contributed by atoms with Crippen LogP contribution in [0.3, 0.4) is 0 Å². The Morgan fingerprint density at radius 3 is 2.64 bits per heavy atom. The number of carbonyl (C=O) groups is 1. The van der Waals surface area contributed by atoms with Gasteiger partial charge in [0, 0.05) is 11.6 Å². The largest absolute Gasteiger partial charge is 0.508 e. The first-order valence-corrected chi connectivity index (χ1v) is 4.29. The molecule has 1 atom stereocenters. The van der Waals surface area contributed by atoms with E-state index in [0.29, 0.717) is 11.1 Å². The molecule has 1 aliphatic rings. The SMILES string of the molecule is Cc1c(O)cc(O)c2c1C(C)C(=O)O2. The van der Waals surface area contributed by atoms with Crippen LogP contribution in [-0.2, 0) is 4.79 Å². The quantitative estimate of drug-likeness (QED) is 0.484. The lowest BCUT2D eigenvalue weighted by atomic mass is 9.97. The Labute approximate surface area is 80.7 Å². The Morgan fingerprint density at radius 1 is 1.36 bits per heavy atom. The number of phenolic OH excluding ortho intramolecular Hbond substituents is 2. The van der Waals surface area contributed by atoms with E-state index in [1.807, 2.05) is 0 Å². The molecule has 2 rings (SSSR count). The minimum atomic E-state index is -0.428. The van der Waals surface area contributed by atoms with Gasteiger partial charge in [-0.05, 0) is 19.4 Å². The molecule has 0 radical (unpaired) electrons. The summed E-state index contributed by atoms with van der Waals surface area (Å²) in [5.74, 6) is -0.864. The standard InChI is InChI=1S/C10H10O4/c1-4-6(11)3-7(12)9-8(4)5(2)10(13)14-9/h3,5,11-12H,1-2H3. The third-order valence-corrected chi connectivity index (χ3v) is 2.53. The highest BCUT2D eigenvalue weighted by molar-refractivity contribution is 5.88. The molecule has 0 amide bonds. The molecule has 14 heavy (non-hydrogen) atoms. The van der Waals surface area contributed by atoms with Crippen molar-refractivity contribution >= 4 is 5.97 Å². The van der Waals surface area contributed by atoms with Crippen molar-refractivity contribution in [2.24, 2.45) is 0 Å². The van der Waals surface area contributed by atoms with Crippen LogP contribution in [-0.4, -0.2) is 16.2 Å². The Hall–Kier alpha value is -1.71. The summed E-state index contributed by atoms with van der Waals surface area (Å²) in [5, 5.41) is 18.9. The maximum atomic E-state index is 11.2. The summed E-state index contributed by atoms with van der Waals surface area (Å²) < 4.78 is 4.89. The van der Waals surface area contributed by atoms with Gasteiger partial charge in [-0.2, -0.15) is 0 Å². The molecular formula is C10H10O4. The Kier molecular flexibility index (Phi) is 1.67. The summed E-state index contributed by atoms with van der Waals surface area (Å²) in [6, 6.07) is 1.18. The molecule has 0 aromatic heterocycles. The molecule has 1 unspecified atom stereocenters. The molecule has 1 heterocycles. The van der Waals surface area contributed by atoms with Crippen LogP contribution in [0.4, 0.5) is 0 Å². The topological polar surface area (TPSA) is 66.8 Å². The number of hydrogen-bond acceptors (Lipinski definition) is 4. The second-order valence-electron chi connectivity index (χ2n) is 3.43. The van der Waals surface area contributed by atoms with Gasteiger partial charge in [-0.15, -0.1) is 0 Å². The van der Waals surface area contributed by atoms with E-state index >= 15 is 0 Å². The maximum absolute atomic E-state index is 11.2. The first kappa shape index (κ1) is 8.87. The van der Waals surface area contributed by atoms with Crippen molar-refractivity contribution in [2.45, 2.75) is 19.8 Å². The fourth-order valence-corrected chi connectivity index (χ4v) is 1.69. The number of benzene rings is 1. The van der Waals surface area contributed by atoms with E-state index < -0.39 is 11.9 Å². The molecule has 0 spiro atoms. The van der Waals surface area contributed by atoms with Gasteiger partial charge in [-0.25, -0.2) is 0 Å². The minimum Gasteiger partial charge on any atom is -0.508 e. The van der Waals surface area contributed by atoms with Crippen LogP contribution in [0.5, 0.6) is 17.2 Å². The molecule has 0 bridgehead atoms. The Morgan fingerprint density at radius 2 is 2.00 bits per heavy atom. The fraction of sp³-hybridized carbons (Fsp3) is 0.300. The molecule has 0 aliphatic carbocycles. The third kappa shape index (κ3) is 0.968. The van der Waals surface area contributed by atoms with Gasteiger partial charge >= 0.3 is 5.97 Å². The Balaban J connectivity index is 2.73. The van der Waals surface area contributed by atoms with E-state index in [1.54, 1.807) is 13.8 Å². The predicted molar refractivity (Wildman–Crippen MR) is 48.6 cm³/mol. The number of esters is 1. The molecule has 1 aliphatic heterocycles. The van der Waals surface area contributed by atoms with Crippen LogP contribution in [0.15, 0.2) is 6.07 Å². The first-order chi connectivity index (χ1) is 6.52. The van der Waals surface area contributed by atoms with Crippen LogP contribution >= 0.6 is 0 Å². The van der Waals surface area contributed by atoms with Crippen molar-refractivity contribution in [1.82, 2.24) is 0 Å². The zero-order chi connectivity index (χ0) is 10.5. The highest BCUT2D eigenvalue weighted by Gasteiger charge is 2.34. The molecule has 1 aromatic carbocycles. The van der Waals surface area contributed by atoms with Gasteiger partial charge in [-0.3, -0.25) is 4.79 Å². The Bertz CT molecular complexity index is 423. The average Bonchev–Trinajstić information content (AvgIpc) is 2.41. The number of fused-ring (bicyclic) bond motifs is 1. The molecule has 2 N–H and O–H groups in total. The van der Waals surface area contributed by atoms with Crippen LogP contribution in [0.2, 0.25) is 0 Å². The van der Waals surface area contributed by atoms with Gasteiger partial charge in [0.1, 0.15) is 5.75 Å². The molecule has 74 valence electrons. The number of carbonyl (C=O) groups excluding carboxylic acids is 1. The van der Waals surface area contributed by atoms with Gasteiger partial charge in [-0.1, -0.05) is 0 Å². The molecule has 4 heteroatoms. The van der Waals surface area contributed by atoms with E-state index in [-0.39, 0.29) is 17.2 Å². The minimum absolute atomic E-state index is 0.0219. The van der Waals surface area contributed by atoms with Crippen LogP contribution in [0.25, 0.3) is 0 Å². The van der Waals surface area contributed by atoms with E-state index in [9.17, 15) is 15.0 Å². The number of phenols is 2. The van der Waals surface area contributed by atoms with E-state index in [2.05, 4.69) is 0 Å². The van der Waals surface area contributed by atoms with Gasteiger partial charge in [0.15, 0.2) is 11.5 Å². The van der Waals surface area contributed by atoms with Gasteiger partial charge in [0.2, 0.25) is 0 Å². The van der Waals surface area contributed by atoms with Crippen LogP contribution < -0.4 is 4.74 Å². The number of hydrogen-bond donors (Lipinski definition) is 2. The van der Waals surface area contributed by atoms with Gasteiger partial charge in [0.25, 0.3) is 0 Å². The number of ether oxygens (including phenoxy) is 1. The summed E-state index contributed by atoms with van der Waals surface area (Å²) in [7, 11) is 0. The highest BCUT2D eigenvalue weighted by Crippen LogP contribution is 2.46. The lowest BCUT2D eigenvalue weighted by Gasteiger charge is -2.07. The zero-order valence-electron chi connectivity index (χ0n) is 7.87. The fourth-order valence-electron chi connectivity index (χ4n) is 1.69. The van der Waals surface area contributed by atoms with Crippen molar-refractivity contribution in [3.8, 4) is 17.2 Å². The highest BCUT2D eigenvalue weighted by atomic mass is 16.5. The summed E-state index contributed by atoms with van der Waals surface area (Å²) in [5.41, 5.74) is 1.16. The smallest absolute Gasteiger partial charge is 0.318 e. The maximum Gasteiger partial charge on any atom is 0.318 e. The van der Waals surface area contributed by atoms with Crippen molar-refractivity contribution in [3.63, 3.8) is 0 Å². The van der Waals surface area contributed by atoms with Gasteiger partial charge < -0.3 is 14.9 Å². The number of rotatable bonds is 0. The molecular weight excluding hydrogens is 184 g/mol. The lowest BCUT2D eigenvalue weighted by Crippen LogP contribution is -2.06. The van der Waals surface area contributed by atoms with E-state index in [4.69, 9.17) is 4.74 Å². The monoisotopic (exact) mass is 194 g/mol. The normalized spacial score (nSPS) is 19.3. The van der Waals surface area contributed by atoms with Crippen molar-refractivity contribution in [1.29, 1.82) is 0 Å². The molecule has 0 fully saturated rings. The second-order valence-corrected chi connectivity index (χ2v) is 3.43. The predicted octanol–water partition coefficient (Wildman–Crippen LogP) is 1.43. The van der Waals surface area contributed by atoms with Crippen LogP contribution in [0, 0.1) is 6.92 Å². The molecule has 1 aromatic rings. The molecule has 0 saturated carbocycles. The zero-order valence-corrected chi connectivity index (χ0v) is 7.87.